The van der Waals surface area contributed by atoms with Crippen LogP contribution in [0, 0.1) is 5.92 Å². The van der Waals surface area contributed by atoms with Crippen LogP contribution in [0.2, 0.25) is 0 Å². The Morgan fingerprint density at radius 1 is 1.22 bits per heavy atom. The fourth-order valence-corrected chi connectivity index (χ4v) is 3.72. The molecule has 1 unspecified atom stereocenters. The summed E-state index contributed by atoms with van der Waals surface area (Å²) in [7, 11) is 1.81. The zero-order valence-electron chi connectivity index (χ0n) is 12.2. The Hall–Kier alpha value is -0.120. The molecule has 0 bridgehead atoms. The number of ether oxygens (including phenoxy) is 1. The molecule has 1 aliphatic heterocycles. The van der Waals surface area contributed by atoms with Gasteiger partial charge in [-0.05, 0) is 38.3 Å². The summed E-state index contributed by atoms with van der Waals surface area (Å²) in [6, 6.07) is 0. The molecule has 18 heavy (non-hydrogen) atoms. The molecule has 0 aromatic carbocycles. The fourth-order valence-electron chi connectivity index (χ4n) is 3.72. The molecule has 3 heteroatoms. The van der Waals surface area contributed by atoms with Crippen LogP contribution in [0.15, 0.2) is 0 Å². The highest BCUT2D eigenvalue weighted by atomic mass is 16.5. The van der Waals surface area contributed by atoms with Crippen LogP contribution >= 0.6 is 0 Å². The first-order valence-electron chi connectivity index (χ1n) is 7.70. The van der Waals surface area contributed by atoms with Gasteiger partial charge < -0.3 is 15.0 Å². The van der Waals surface area contributed by atoms with Gasteiger partial charge in [0.05, 0.1) is 0 Å². The molecule has 1 saturated heterocycles. The summed E-state index contributed by atoms with van der Waals surface area (Å²) in [5, 5.41) is 3.86. The lowest BCUT2D eigenvalue weighted by Crippen LogP contribution is -2.53. The maximum Gasteiger partial charge on any atom is 0.0500 e. The number of nitrogens with zero attached hydrogens (tertiary/aromatic N) is 1. The Kier molecular flexibility index (Phi) is 5.46. The summed E-state index contributed by atoms with van der Waals surface area (Å²) < 4.78 is 5.27. The van der Waals surface area contributed by atoms with Gasteiger partial charge in [-0.25, -0.2) is 0 Å². The highest BCUT2D eigenvalue weighted by molar-refractivity contribution is 4.95. The minimum atomic E-state index is 0.432. The van der Waals surface area contributed by atoms with Gasteiger partial charge in [-0.2, -0.15) is 0 Å². The van der Waals surface area contributed by atoms with E-state index in [1.807, 2.05) is 7.11 Å². The molecule has 2 rings (SSSR count). The zero-order valence-corrected chi connectivity index (χ0v) is 12.2. The first-order valence-corrected chi connectivity index (χ1v) is 7.70. The second-order valence-corrected chi connectivity index (χ2v) is 6.42. The van der Waals surface area contributed by atoms with Crippen molar-refractivity contribution in [1.82, 2.24) is 10.2 Å². The average molecular weight is 254 g/mol. The minimum absolute atomic E-state index is 0.432. The van der Waals surface area contributed by atoms with E-state index < -0.39 is 0 Å². The lowest BCUT2D eigenvalue weighted by molar-refractivity contribution is 0.109. The predicted molar refractivity (Wildman–Crippen MR) is 75.9 cm³/mol. The van der Waals surface area contributed by atoms with Crippen LogP contribution in [0.1, 0.15) is 45.4 Å². The number of rotatable bonds is 4. The number of nitrogens with one attached hydrogen (secondary N) is 1. The van der Waals surface area contributed by atoms with E-state index in [-0.39, 0.29) is 0 Å². The molecule has 3 nitrogen and oxygen atoms in total. The van der Waals surface area contributed by atoms with Gasteiger partial charge in [0.15, 0.2) is 0 Å². The summed E-state index contributed by atoms with van der Waals surface area (Å²) in [4.78, 5) is 2.68. The lowest BCUT2D eigenvalue weighted by Gasteiger charge is -2.40. The minimum Gasteiger partial charge on any atom is -0.384 e. The fraction of sp³-hybridized carbons (Fsp3) is 1.00. The second-order valence-electron chi connectivity index (χ2n) is 6.42. The summed E-state index contributed by atoms with van der Waals surface area (Å²) in [6.45, 7) is 8.09. The van der Waals surface area contributed by atoms with Crippen molar-refractivity contribution in [3.8, 4) is 0 Å². The molecule has 1 spiro atoms. The Labute approximate surface area is 112 Å². The van der Waals surface area contributed by atoms with Crippen LogP contribution in [-0.4, -0.2) is 50.3 Å². The third-order valence-electron chi connectivity index (χ3n) is 4.51. The zero-order chi connectivity index (χ0) is 12.8. The van der Waals surface area contributed by atoms with Crippen LogP contribution in [-0.2, 0) is 4.74 Å². The van der Waals surface area contributed by atoms with E-state index in [2.05, 4.69) is 17.1 Å². The van der Waals surface area contributed by atoms with Crippen LogP contribution in [0.5, 0.6) is 0 Å². The van der Waals surface area contributed by atoms with Crippen LogP contribution in [0.25, 0.3) is 0 Å². The molecule has 1 N–H and O–H groups in total. The standard InChI is InChI=1S/C15H30N2O/c1-14(12-18-2)11-17-10-6-9-16-15(13-17)7-4-3-5-8-15/h14,16H,3-13H2,1-2H3. The number of methoxy groups -OCH3 is 1. The smallest absolute Gasteiger partial charge is 0.0500 e. The van der Waals surface area contributed by atoms with Gasteiger partial charge in [-0.3, -0.25) is 0 Å². The molecule has 1 atom stereocenters. The maximum atomic E-state index is 5.27. The summed E-state index contributed by atoms with van der Waals surface area (Å²) in [5.74, 6) is 0.647. The third kappa shape index (κ3) is 3.94. The van der Waals surface area contributed by atoms with Crippen LogP contribution in [0.4, 0.5) is 0 Å². The lowest BCUT2D eigenvalue weighted by atomic mass is 9.81. The second kappa shape index (κ2) is 6.88. The van der Waals surface area contributed by atoms with E-state index in [1.54, 1.807) is 0 Å². The molecule has 1 aliphatic carbocycles. The van der Waals surface area contributed by atoms with Crippen molar-refractivity contribution >= 4 is 0 Å². The molecular weight excluding hydrogens is 224 g/mol. The van der Waals surface area contributed by atoms with Gasteiger partial charge in [0.25, 0.3) is 0 Å². The highest BCUT2D eigenvalue weighted by Gasteiger charge is 2.34. The molecular formula is C15H30N2O. The summed E-state index contributed by atoms with van der Waals surface area (Å²) in [6.07, 6.45) is 8.30. The molecule has 1 heterocycles. The average Bonchev–Trinajstić information content (AvgIpc) is 2.53. The van der Waals surface area contributed by atoms with Crippen molar-refractivity contribution in [2.24, 2.45) is 5.92 Å². The van der Waals surface area contributed by atoms with Gasteiger partial charge in [-0.1, -0.05) is 26.2 Å². The Morgan fingerprint density at radius 2 is 2.00 bits per heavy atom. The third-order valence-corrected chi connectivity index (χ3v) is 4.51. The normalized spacial score (nSPS) is 27.0. The summed E-state index contributed by atoms with van der Waals surface area (Å²) in [5.41, 5.74) is 0.432. The van der Waals surface area contributed by atoms with Gasteiger partial charge in [0, 0.05) is 32.3 Å². The number of hydrogen-bond acceptors (Lipinski definition) is 3. The van der Waals surface area contributed by atoms with Gasteiger partial charge >= 0.3 is 0 Å². The molecule has 0 aromatic rings. The van der Waals surface area contributed by atoms with Gasteiger partial charge in [-0.15, -0.1) is 0 Å². The first kappa shape index (κ1) is 14.3. The molecule has 0 aromatic heterocycles. The van der Waals surface area contributed by atoms with E-state index >= 15 is 0 Å². The van der Waals surface area contributed by atoms with E-state index in [1.165, 1.54) is 64.7 Å². The quantitative estimate of drug-likeness (QED) is 0.833. The van der Waals surface area contributed by atoms with E-state index in [9.17, 15) is 0 Å². The van der Waals surface area contributed by atoms with Crippen molar-refractivity contribution in [2.75, 3.05) is 39.9 Å². The van der Waals surface area contributed by atoms with E-state index in [0.29, 0.717) is 11.5 Å². The maximum absolute atomic E-state index is 5.27. The SMILES string of the molecule is COCC(C)CN1CCCNC2(CCCCC2)C1. The molecule has 106 valence electrons. The molecule has 0 radical (unpaired) electrons. The van der Waals surface area contributed by atoms with Gasteiger partial charge in [0.1, 0.15) is 0 Å². The monoisotopic (exact) mass is 254 g/mol. The Balaban J connectivity index is 1.90. The van der Waals surface area contributed by atoms with Crippen LogP contribution in [0.3, 0.4) is 0 Å². The topological polar surface area (TPSA) is 24.5 Å². The molecule has 2 fully saturated rings. The predicted octanol–water partition coefficient (Wildman–Crippen LogP) is 2.27. The molecule has 2 aliphatic rings. The van der Waals surface area contributed by atoms with E-state index in [0.717, 1.165) is 6.61 Å². The summed E-state index contributed by atoms with van der Waals surface area (Å²) >= 11 is 0. The van der Waals surface area contributed by atoms with Crippen LogP contribution < -0.4 is 5.32 Å². The molecule has 1 saturated carbocycles. The highest BCUT2D eigenvalue weighted by Crippen LogP contribution is 2.30. The van der Waals surface area contributed by atoms with Crippen molar-refractivity contribution in [1.29, 1.82) is 0 Å². The van der Waals surface area contributed by atoms with Crippen molar-refractivity contribution < 1.29 is 4.74 Å². The van der Waals surface area contributed by atoms with E-state index in [4.69, 9.17) is 4.74 Å². The first-order chi connectivity index (χ1) is 8.74. The Bertz CT molecular complexity index is 239. The Morgan fingerprint density at radius 3 is 2.72 bits per heavy atom. The number of hydrogen-bond donors (Lipinski definition) is 1. The van der Waals surface area contributed by atoms with Crippen molar-refractivity contribution in [3.05, 3.63) is 0 Å². The largest absolute Gasteiger partial charge is 0.384 e. The van der Waals surface area contributed by atoms with Gasteiger partial charge in [0.2, 0.25) is 0 Å². The van der Waals surface area contributed by atoms with Crippen molar-refractivity contribution in [3.63, 3.8) is 0 Å². The molecule has 0 amide bonds. The van der Waals surface area contributed by atoms with Crippen molar-refractivity contribution in [2.45, 2.75) is 51.0 Å².